The number of hydrogen-bond acceptors (Lipinski definition) is 16. The van der Waals surface area contributed by atoms with Crippen LogP contribution in [0.4, 0.5) is 9.59 Å². The lowest BCUT2D eigenvalue weighted by Crippen LogP contribution is -2.55. The predicted octanol–water partition coefficient (Wildman–Crippen LogP) is -1.85. The minimum atomic E-state index is -2.39. The van der Waals surface area contributed by atoms with Crippen molar-refractivity contribution in [2.45, 2.75) is 155 Å². The van der Waals surface area contributed by atoms with Crippen LogP contribution >= 0.6 is 0 Å². The van der Waals surface area contributed by atoms with Crippen LogP contribution in [0.5, 0.6) is 0 Å². The van der Waals surface area contributed by atoms with Gasteiger partial charge in [0.2, 0.25) is 11.8 Å². The zero-order valence-electron chi connectivity index (χ0n) is 35.4. The molecule has 0 aromatic rings. The van der Waals surface area contributed by atoms with Crippen molar-refractivity contribution in [3.8, 4) is 0 Å². The number of amides is 6. The molecular weight excluding hydrogens is 772 g/mol. The van der Waals surface area contributed by atoms with Crippen molar-refractivity contribution < 1.29 is 77.7 Å². The third-order valence-corrected chi connectivity index (χ3v) is 6.58. The summed E-state index contributed by atoms with van der Waals surface area (Å²) in [7, 11) is 0. The van der Waals surface area contributed by atoms with Crippen molar-refractivity contribution in [1.29, 1.82) is 0 Å². The molecule has 0 radical (unpaired) electrons. The molecule has 22 heteroatoms. The Morgan fingerprint density at radius 3 is 0.897 bits per heavy atom. The Morgan fingerprint density at radius 2 is 0.655 bits per heavy atom. The van der Waals surface area contributed by atoms with Crippen LogP contribution in [0.2, 0.25) is 0 Å². The average Bonchev–Trinajstić information content (AvgIpc) is 3.02. The fraction of sp³-hybridized carbons (Fsp3) is 0.778. The molecule has 0 aromatic heterocycles. The summed E-state index contributed by atoms with van der Waals surface area (Å²) in [5.41, 5.74) is -3.59. The largest absolute Gasteiger partial charge is 0.460 e. The van der Waals surface area contributed by atoms with Crippen molar-refractivity contribution in [3.63, 3.8) is 0 Å². The van der Waals surface area contributed by atoms with Crippen LogP contribution < -0.4 is 31.9 Å². The number of carbonyl (C=O) groups is 8. The molecule has 0 saturated carbocycles. The number of nitrogens with one attached hydrogen (secondary N) is 6. The first-order valence-electron chi connectivity index (χ1n) is 18.5. The lowest BCUT2D eigenvalue weighted by Gasteiger charge is -2.26. The summed E-state index contributed by atoms with van der Waals surface area (Å²) in [5.74, 6) is -5.85. The third-order valence-electron chi connectivity index (χ3n) is 6.58. The average molecular weight is 837 g/mol. The zero-order valence-corrected chi connectivity index (χ0v) is 35.4. The molecule has 58 heavy (non-hydrogen) atoms. The van der Waals surface area contributed by atoms with E-state index >= 15 is 0 Å². The van der Waals surface area contributed by atoms with E-state index in [1.165, 1.54) is 0 Å². The van der Waals surface area contributed by atoms with Gasteiger partial charge in [-0.1, -0.05) is 0 Å². The number of esters is 2. The molecule has 0 fully saturated rings. The summed E-state index contributed by atoms with van der Waals surface area (Å²) in [6, 6.07) is -2.87. The molecule has 22 nitrogen and oxygen atoms in total. The second-order valence-corrected chi connectivity index (χ2v) is 17.0. The van der Waals surface area contributed by atoms with Crippen molar-refractivity contribution in [3.05, 3.63) is 0 Å². The molecular formula is C36H64N6O16. The normalized spacial score (nSPS) is 15.1. The van der Waals surface area contributed by atoms with Gasteiger partial charge in [-0.15, -0.1) is 0 Å². The Balaban J connectivity index is 5.14. The minimum Gasteiger partial charge on any atom is -0.460 e. The van der Waals surface area contributed by atoms with Crippen molar-refractivity contribution >= 4 is 47.8 Å². The van der Waals surface area contributed by atoms with E-state index in [0.717, 1.165) is 0 Å². The highest BCUT2D eigenvalue weighted by Crippen LogP contribution is 2.13. The number of alkyl carbamates (subject to hydrolysis) is 2. The molecule has 0 aliphatic carbocycles. The summed E-state index contributed by atoms with van der Waals surface area (Å²) in [5, 5.41) is 54.8. The van der Waals surface area contributed by atoms with Crippen LogP contribution in [0.3, 0.4) is 0 Å². The maximum atomic E-state index is 12.8. The predicted molar refractivity (Wildman–Crippen MR) is 203 cm³/mol. The number of carbonyl (C=O) groups excluding carboxylic acids is 8. The highest BCUT2D eigenvalue weighted by Gasteiger charge is 2.38. The van der Waals surface area contributed by atoms with E-state index in [0.29, 0.717) is 0 Å². The molecule has 0 rings (SSSR count). The summed E-state index contributed by atoms with van der Waals surface area (Å²) >= 11 is 0. The molecule has 0 heterocycles. The van der Waals surface area contributed by atoms with Gasteiger partial charge < -0.3 is 71.3 Å². The molecule has 10 N–H and O–H groups in total. The fourth-order valence-corrected chi connectivity index (χ4v) is 4.30. The Bertz CT molecular complexity index is 1260. The lowest BCUT2D eigenvalue weighted by molar-refractivity contribution is -0.157. The van der Waals surface area contributed by atoms with E-state index in [1.54, 1.807) is 83.1 Å². The highest BCUT2D eigenvalue weighted by atomic mass is 16.6. The van der Waals surface area contributed by atoms with Crippen LogP contribution in [0.1, 0.15) is 95.9 Å². The summed E-state index contributed by atoms with van der Waals surface area (Å²) in [4.78, 5) is 99.9. The van der Waals surface area contributed by atoms with Crippen molar-refractivity contribution in [2.75, 3.05) is 26.2 Å². The van der Waals surface area contributed by atoms with Crippen molar-refractivity contribution in [2.24, 2.45) is 0 Å². The van der Waals surface area contributed by atoms with Gasteiger partial charge in [0.15, 0.2) is 12.2 Å². The molecule has 334 valence electrons. The van der Waals surface area contributed by atoms with E-state index in [4.69, 9.17) is 18.9 Å². The van der Waals surface area contributed by atoms with Gasteiger partial charge >= 0.3 is 24.1 Å². The van der Waals surface area contributed by atoms with E-state index in [2.05, 4.69) is 31.9 Å². The molecule has 2 unspecified atom stereocenters. The van der Waals surface area contributed by atoms with Crippen LogP contribution in [0.15, 0.2) is 0 Å². The first-order chi connectivity index (χ1) is 26.2. The Morgan fingerprint density at radius 1 is 0.414 bits per heavy atom. The van der Waals surface area contributed by atoms with Gasteiger partial charge in [-0.25, -0.2) is 9.59 Å². The summed E-state index contributed by atoms with van der Waals surface area (Å²) < 4.78 is 20.7. The van der Waals surface area contributed by atoms with Gasteiger partial charge in [-0.3, -0.25) is 28.8 Å². The summed E-state index contributed by atoms with van der Waals surface area (Å²) in [6.07, 6.45) is -12.6. The van der Waals surface area contributed by atoms with E-state index < -0.39 is 119 Å². The quantitative estimate of drug-likeness (QED) is 0.0388. The molecule has 0 aliphatic rings. The first-order valence-corrected chi connectivity index (χ1v) is 18.5. The first kappa shape index (κ1) is 53.2. The molecule has 0 saturated heterocycles. The van der Waals surface area contributed by atoms with Crippen LogP contribution in [0, 0.1) is 0 Å². The molecule has 0 aromatic carbocycles. The van der Waals surface area contributed by atoms with Gasteiger partial charge in [-0.05, 0) is 83.1 Å². The van der Waals surface area contributed by atoms with Crippen LogP contribution in [-0.2, 0) is 47.7 Å². The second kappa shape index (κ2) is 23.0. The number of ether oxygens (including phenoxy) is 4. The standard InChI is InChI=1S/C36H64N6O16/c1-33(2,3)55-21(43)17-19(41-31(53)57-35(7,8)9)27(49)37-13-15-39-29(51)25(47)23(45)24(46)26(48)30(52)40-16-14-38-28(50)20(18-22(44)56-34(4,5)6)42-32(54)58-36(10,11)12/h19-20,23-26,45-48H,13-18H2,1-12H3,(H,37,49)(H,38,50)(H,39,51)(H,40,52)(H,41,53)(H,42,54)/t19?,20?,23-,24+,25+,26-. The van der Waals surface area contributed by atoms with Gasteiger partial charge in [0.05, 0.1) is 12.8 Å². The number of rotatable bonds is 19. The lowest BCUT2D eigenvalue weighted by atomic mass is 10.0. The Labute approximate surface area is 338 Å². The van der Waals surface area contributed by atoms with E-state index in [-0.39, 0.29) is 26.2 Å². The second-order valence-electron chi connectivity index (χ2n) is 17.0. The van der Waals surface area contributed by atoms with E-state index in [9.17, 15) is 58.8 Å². The SMILES string of the molecule is CC(C)(C)OC(=O)CC(NC(=O)OC(C)(C)C)C(=O)NCCNC(=O)[C@@H](O)[C@H](O)[C@H](O)[C@@H](O)C(=O)NCCNC(=O)C(CC(=O)OC(C)(C)C)NC(=O)OC(C)(C)C. The highest BCUT2D eigenvalue weighted by molar-refractivity contribution is 5.90. The molecule has 6 amide bonds. The third kappa shape index (κ3) is 24.1. The molecule has 0 aliphatic heterocycles. The number of hydrogen-bond donors (Lipinski definition) is 10. The molecule has 0 spiro atoms. The monoisotopic (exact) mass is 836 g/mol. The Kier molecular flexibility index (Phi) is 21.1. The van der Waals surface area contributed by atoms with Crippen LogP contribution in [-0.4, -0.2) is 153 Å². The minimum absolute atomic E-state index is 0.308. The zero-order chi connectivity index (χ0) is 45.4. The van der Waals surface area contributed by atoms with Gasteiger partial charge in [0, 0.05) is 26.2 Å². The topological polar surface area (TPSA) is 327 Å². The number of aliphatic hydroxyl groups excluding tert-OH is 4. The summed E-state index contributed by atoms with van der Waals surface area (Å²) in [6.45, 7) is 17.9. The Hall–Kier alpha value is -4.80. The van der Waals surface area contributed by atoms with Crippen molar-refractivity contribution in [1.82, 2.24) is 31.9 Å². The van der Waals surface area contributed by atoms with Gasteiger partial charge in [0.25, 0.3) is 11.8 Å². The maximum absolute atomic E-state index is 12.8. The van der Waals surface area contributed by atoms with Crippen LogP contribution in [0.25, 0.3) is 0 Å². The molecule has 0 bridgehead atoms. The fourth-order valence-electron chi connectivity index (χ4n) is 4.30. The number of aliphatic hydroxyl groups is 4. The molecule has 6 atom stereocenters. The van der Waals surface area contributed by atoms with Gasteiger partial charge in [0.1, 0.15) is 46.7 Å². The maximum Gasteiger partial charge on any atom is 0.408 e. The van der Waals surface area contributed by atoms with Gasteiger partial charge in [-0.2, -0.15) is 0 Å². The smallest absolute Gasteiger partial charge is 0.408 e. The van der Waals surface area contributed by atoms with E-state index in [1.807, 2.05) is 0 Å².